The number of imide groups is 1. The Morgan fingerprint density at radius 3 is 2.81 bits per heavy atom. The number of pyridine rings is 1. The van der Waals surface area contributed by atoms with Crippen LogP contribution in [0, 0.1) is 0 Å². The summed E-state index contributed by atoms with van der Waals surface area (Å²) in [5, 5.41) is 2.03. The fraction of sp³-hybridized carbons (Fsp3) is 0.0769. The van der Waals surface area contributed by atoms with Crippen molar-refractivity contribution in [2.45, 2.75) is 0 Å². The zero-order valence-corrected chi connectivity index (χ0v) is 12.1. The fourth-order valence-corrected chi connectivity index (χ4v) is 1.73. The van der Waals surface area contributed by atoms with E-state index in [1.54, 1.807) is 0 Å². The van der Waals surface area contributed by atoms with Gasteiger partial charge in [0.05, 0.1) is 11.8 Å². The Bertz CT molecular complexity index is 669. The molecular formula is C13H9BrN2O5. The Labute approximate surface area is 127 Å². The molecule has 0 saturated heterocycles. The number of ether oxygens (including phenoxy) is 1. The number of nitrogens with one attached hydrogen (secondary N) is 1. The van der Waals surface area contributed by atoms with Gasteiger partial charge >= 0.3 is 5.97 Å². The second kappa shape index (κ2) is 6.80. The summed E-state index contributed by atoms with van der Waals surface area (Å²) in [5.41, 5.74) is 0.189. The van der Waals surface area contributed by atoms with Crippen LogP contribution in [0.1, 0.15) is 20.9 Å². The van der Waals surface area contributed by atoms with Crippen molar-refractivity contribution in [1.29, 1.82) is 0 Å². The standard InChI is InChI=1S/C13H9BrN2O5/c14-9-4-8(5-15-6-9)13(19)21-7-11(17)16-12(18)10-2-1-3-20-10/h1-6H,7H2,(H,16,17,18). The molecular weight excluding hydrogens is 344 g/mol. The number of esters is 1. The van der Waals surface area contributed by atoms with E-state index in [4.69, 9.17) is 9.15 Å². The van der Waals surface area contributed by atoms with Crippen molar-refractivity contribution in [1.82, 2.24) is 10.3 Å². The lowest BCUT2D eigenvalue weighted by Crippen LogP contribution is -2.34. The average molecular weight is 353 g/mol. The number of hydrogen-bond acceptors (Lipinski definition) is 6. The van der Waals surface area contributed by atoms with Crippen LogP contribution in [0.4, 0.5) is 0 Å². The third kappa shape index (κ3) is 4.25. The first-order chi connectivity index (χ1) is 10.1. The van der Waals surface area contributed by atoms with E-state index in [0.717, 1.165) is 0 Å². The van der Waals surface area contributed by atoms with Crippen molar-refractivity contribution in [2.24, 2.45) is 0 Å². The highest BCUT2D eigenvalue weighted by molar-refractivity contribution is 9.10. The lowest BCUT2D eigenvalue weighted by atomic mass is 10.3. The highest BCUT2D eigenvalue weighted by Crippen LogP contribution is 2.10. The number of halogens is 1. The largest absolute Gasteiger partial charge is 0.459 e. The SMILES string of the molecule is O=C(COC(=O)c1cncc(Br)c1)NC(=O)c1ccco1. The van der Waals surface area contributed by atoms with Gasteiger partial charge in [-0.3, -0.25) is 19.9 Å². The van der Waals surface area contributed by atoms with E-state index < -0.39 is 24.4 Å². The minimum atomic E-state index is -0.757. The molecule has 0 aromatic carbocycles. The summed E-state index contributed by atoms with van der Waals surface area (Å²) in [5.74, 6) is -2.19. The Morgan fingerprint density at radius 1 is 1.33 bits per heavy atom. The van der Waals surface area contributed by atoms with Gasteiger partial charge in [0.15, 0.2) is 12.4 Å². The molecule has 0 aliphatic carbocycles. The summed E-state index contributed by atoms with van der Waals surface area (Å²) in [6.07, 6.45) is 4.12. The molecule has 7 nitrogen and oxygen atoms in total. The predicted molar refractivity (Wildman–Crippen MR) is 73.4 cm³/mol. The quantitative estimate of drug-likeness (QED) is 0.838. The first kappa shape index (κ1) is 14.9. The zero-order valence-electron chi connectivity index (χ0n) is 10.5. The van der Waals surface area contributed by atoms with E-state index in [1.165, 1.54) is 36.9 Å². The van der Waals surface area contributed by atoms with Crippen LogP contribution in [-0.4, -0.2) is 29.4 Å². The maximum absolute atomic E-state index is 11.6. The van der Waals surface area contributed by atoms with Gasteiger partial charge in [-0.25, -0.2) is 4.79 Å². The normalized spacial score (nSPS) is 9.95. The summed E-state index contributed by atoms with van der Waals surface area (Å²) in [7, 11) is 0. The van der Waals surface area contributed by atoms with Crippen LogP contribution in [0.25, 0.3) is 0 Å². The summed E-state index contributed by atoms with van der Waals surface area (Å²) in [6, 6.07) is 4.42. The molecule has 0 bridgehead atoms. The molecule has 8 heteroatoms. The molecule has 2 heterocycles. The number of furan rings is 1. The number of amides is 2. The molecule has 1 N–H and O–H groups in total. The van der Waals surface area contributed by atoms with Gasteiger partial charge in [-0.15, -0.1) is 0 Å². The molecule has 2 aromatic heterocycles. The van der Waals surface area contributed by atoms with E-state index in [0.29, 0.717) is 4.47 Å². The highest BCUT2D eigenvalue weighted by Gasteiger charge is 2.15. The molecule has 0 fully saturated rings. The second-order valence-corrected chi connectivity index (χ2v) is 4.74. The van der Waals surface area contributed by atoms with Crippen molar-refractivity contribution in [3.05, 3.63) is 52.7 Å². The van der Waals surface area contributed by atoms with Gasteiger partial charge in [-0.05, 0) is 34.1 Å². The summed E-state index contributed by atoms with van der Waals surface area (Å²) < 4.78 is 10.2. The summed E-state index contributed by atoms with van der Waals surface area (Å²) >= 11 is 3.16. The van der Waals surface area contributed by atoms with Gasteiger partial charge in [0.2, 0.25) is 0 Å². The van der Waals surface area contributed by atoms with Crippen molar-refractivity contribution < 1.29 is 23.5 Å². The van der Waals surface area contributed by atoms with Crippen LogP contribution in [0.15, 0.2) is 45.7 Å². The van der Waals surface area contributed by atoms with Gasteiger partial charge in [-0.1, -0.05) is 0 Å². The maximum Gasteiger partial charge on any atom is 0.340 e. The highest BCUT2D eigenvalue weighted by atomic mass is 79.9. The van der Waals surface area contributed by atoms with E-state index in [1.807, 2.05) is 5.32 Å². The van der Waals surface area contributed by atoms with E-state index in [-0.39, 0.29) is 11.3 Å². The van der Waals surface area contributed by atoms with Crippen molar-refractivity contribution >= 4 is 33.7 Å². The summed E-state index contributed by atoms with van der Waals surface area (Å²) in [6.45, 7) is -0.586. The molecule has 0 radical (unpaired) electrons. The topological polar surface area (TPSA) is 98.5 Å². The number of aromatic nitrogens is 1. The molecule has 21 heavy (non-hydrogen) atoms. The Kier molecular flexibility index (Phi) is 4.83. The third-order valence-electron chi connectivity index (χ3n) is 2.27. The van der Waals surface area contributed by atoms with E-state index >= 15 is 0 Å². The fourth-order valence-electron chi connectivity index (χ4n) is 1.37. The number of nitrogens with zero attached hydrogens (tertiary/aromatic N) is 1. The Hall–Kier alpha value is -2.48. The smallest absolute Gasteiger partial charge is 0.340 e. The molecule has 0 atom stereocenters. The van der Waals surface area contributed by atoms with Crippen molar-refractivity contribution in [2.75, 3.05) is 6.61 Å². The molecule has 2 aromatic rings. The number of carbonyl (C=O) groups is 3. The minimum absolute atomic E-state index is 0.00846. The van der Waals surface area contributed by atoms with Crippen LogP contribution >= 0.6 is 15.9 Å². The summed E-state index contributed by atoms with van der Waals surface area (Å²) in [4.78, 5) is 38.4. The van der Waals surface area contributed by atoms with Gasteiger partial charge < -0.3 is 9.15 Å². The predicted octanol–water partition coefficient (Wildman–Crippen LogP) is 1.55. The van der Waals surface area contributed by atoms with Crippen LogP contribution in [0.3, 0.4) is 0 Å². The van der Waals surface area contributed by atoms with Gasteiger partial charge in [0, 0.05) is 16.9 Å². The van der Waals surface area contributed by atoms with Crippen molar-refractivity contribution in [3.8, 4) is 0 Å². The van der Waals surface area contributed by atoms with E-state index in [2.05, 4.69) is 20.9 Å². The molecule has 2 rings (SSSR count). The Balaban J connectivity index is 1.84. The molecule has 0 aliphatic heterocycles. The van der Waals surface area contributed by atoms with Crippen molar-refractivity contribution in [3.63, 3.8) is 0 Å². The maximum atomic E-state index is 11.6. The van der Waals surface area contributed by atoms with Gasteiger partial charge in [0.1, 0.15) is 0 Å². The average Bonchev–Trinajstić information content (AvgIpc) is 2.99. The molecule has 2 amide bonds. The first-order valence-corrected chi connectivity index (χ1v) is 6.51. The lowest BCUT2D eigenvalue weighted by Gasteiger charge is -2.04. The molecule has 108 valence electrons. The number of rotatable bonds is 4. The minimum Gasteiger partial charge on any atom is -0.459 e. The van der Waals surface area contributed by atoms with Gasteiger partial charge in [0.25, 0.3) is 11.8 Å². The third-order valence-corrected chi connectivity index (χ3v) is 2.71. The lowest BCUT2D eigenvalue weighted by molar-refractivity contribution is -0.123. The van der Waals surface area contributed by atoms with Crippen LogP contribution in [0.2, 0.25) is 0 Å². The second-order valence-electron chi connectivity index (χ2n) is 3.82. The van der Waals surface area contributed by atoms with E-state index in [9.17, 15) is 14.4 Å². The van der Waals surface area contributed by atoms with Crippen LogP contribution in [-0.2, 0) is 9.53 Å². The Morgan fingerprint density at radius 2 is 2.14 bits per heavy atom. The monoisotopic (exact) mass is 352 g/mol. The first-order valence-electron chi connectivity index (χ1n) is 5.71. The van der Waals surface area contributed by atoms with Crippen LogP contribution < -0.4 is 5.32 Å². The zero-order chi connectivity index (χ0) is 15.2. The molecule has 0 unspecified atom stereocenters. The number of carbonyl (C=O) groups excluding carboxylic acids is 3. The molecule has 0 spiro atoms. The molecule has 0 aliphatic rings. The molecule has 0 saturated carbocycles. The van der Waals surface area contributed by atoms with Gasteiger partial charge in [-0.2, -0.15) is 0 Å². The van der Waals surface area contributed by atoms with Crippen LogP contribution in [0.5, 0.6) is 0 Å². The number of hydrogen-bond donors (Lipinski definition) is 1.